The summed E-state index contributed by atoms with van der Waals surface area (Å²) >= 11 is 1.60. The van der Waals surface area contributed by atoms with Crippen LogP contribution in [0.15, 0.2) is 17.6 Å². The van der Waals surface area contributed by atoms with Crippen LogP contribution in [-0.4, -0.2) is 4.98 Å². The summed E-state index contributed by atoms with van der Waals surface area (Å²) in [7, 11) is 0. The van der Waals surface area contributed by atoms with Gasteiger partial charge in [0.15, 0.2) is 0 Å². The maximum absolute atomic E-state index is 5.85. The minimum atomic E-state index is 0.634. The molecule has 0 bridgehead atoms. The standard InChI is InChI=1S/C12H14N2S/c1-7-4-8(2)10(9(3)5-7)11-12(13)14-6-15-11/h4-6H,13H2,1-3H3. The van der Waals surface area contributed by atoms with Gasteiger partial charge in [0.05, 0.1) is 10.4 Å². The molecule has 1 aromatic carbocycles. The van der Waals surface area contributed by atoms with Crippen molar-refractivity contribution in [2.24, 2.45) is 0 Å². The number of anilines is 1. The molecule has 0 aliphatic rings. The van der Waals surface area contributed by atoms with Crippen LogP contribution >= 0.6 is 11.3 Å². The minimum absolute atomic E-state index is 0.634. The van der Waals surface area contributed by atoms with Crippen molar-refractivity contribution in [3.05, 3.63) is 34.3 Å². The van der Waals surface area contributed by atoms with Gasteiger partial charge in [-0.15, -0.1) is 11.3 Å². The van der Waals surface area contributed by atoms with Crippen LogP contribution in [0.3, 0.4) is 0 Å². The highest BCUT2D eigenvalue weighted by Crippen LogP contribution is 2.34. The number of aromatic nitrogens is 1. The zero-order valence-corrected chi connectivity index (χ0v) is 9.98. The lowest BCUT2D eigenvalue weighted by molar-refractivity contribution is 1.32. The first-order valence-electron chi connectivity index (χ1n) is 4.87. The highest BCUT2D eigenvalue weighted by molar-refractivity contribution is 7.13. The van der Waals surface area contributed by atoms with E-state index < -0.39 is 0 Å². The maximum Gasteiger partial charge on any atom is 0.142 e. The molecule has 0 unspecified atom stereocenters. The first-order valence-corrected chi connectivity index (χ1v) is 5.74. The van der Waals surface area contributed by atoms with Crippen LogP contribution in [-0.2, 0) is 0 Å². The van der Waals surface area contributed by atoms with Crippen LogP contribution < -0.4 is 5.73 Å². The highest BCUT2D eigenvalue weighted by Gasteiger charge is 2.11. The summed E-state index contributed by atoms with van der Waals surface area (Å²) in [4.78, 5) is 5.18. The molecular weight excluding hydrogens is 204 g/mol. The Labute approximate surface area is 93.8 Å². The number of nitrogen functional groups attached to an aromatic ring is 1. The zero-order valence-electron chi connectivity index (χ0n) is 9.16. The van der Waals surface area contributed by atoms with E-state index in [9.17, 15) is 0 Å². The molecule has 78 valence electrons. The van der Waals surface area contributed by atoms with Crippen molar-refractivity contribution in [1.82, 2.24) is 4.98 Å². The Bertz CT molecular complexity index is 477. The second kappa shape index (κ2) is 3.66. The predicted octanol–water partition coefficient (Wildman–Crippen LogP) is 3.32. The smallest absolute Gasteiger partial charge is 0.142 e. The van der Waals surface area contributed by atoms with Gasteiger partial charge < -0.3 is 5.73 Å². The van der Waals surface area contributed by atoms with E-state index in [4.69, 9.17) is 5.73 Å². The topological polar surface area (TPSA) is 38.9 Å². The van der Waals surface area contributed by atoms with Crippen LogP contribution in [0, 0.1) is 20.8 Å². The molecule has 0 aliphatic heterocycles. The SMILES string of the molecule is Cc1cc(C)c(-c2scnc2N)c(C)c1. The van der Waals surface area contributed by atoms with Gasteiger partial charge in [0.1, 0.15) is 5.82 Å². The van der Waals surface area contributed by atoms with Crippen LogP contribution in [0.25, 0.3) is 10.4 Å². The molecule has 0 fully saturated rings. The quantitative estimate of drug-likeness (QED) is 0.797. The lowest BCUT2D eigenvalue weighted by Gasteiger charge is -2.09. The van der Waals surface area contributed by atoms with Crippen molar-refractivity contribution in [2.45, 2.75) is 20.8 Å². The molecule has 0 aliphatic carbocycles. The van der Waals surface area contributed by atoms with Crippen LogP contribution in [0.1, 0.15) is 16.7 Å². The van der Waals surface area contributed by atoms with E-state index in [1.165, 1.54) is 22.3 Å². The minimum Gasteiger partial charge on any atom is -0.382 e. The van der Waals surface area contributed by atoms with Crippen molar-refractivity contribution in [1.29, 1.82) is 0 Å². The molecule has 15 heavy (non-hydrogen) atoms. The molecule has 3 heteroatoms. The summed E-state index contributed by atoms with van der Waals surface area (Å²) < 4.78 is 0. The van der Waals surface area contributed by atoms with Gasteiger partial charge in [-0.25, -0.2) is 4.98 Å². The second-order valence-corrected chi connectivity index (χ2v) is 4.70. The summed E-state index contributed by atoms with van der Waals surface area (Å²) in [5, 5.41) is 0. The number of nitrogens with two attached hydrogens (primary N) is 1. The second-order valence-electron chi connectivity index (χ2n) is 3.84. The fourth-order valence-electron chi connectivity index (χ4n) is 1.98. The summed E-state index contributed by atoms with van der Waals surface area (Å²) in [6.07, 6.45) is 0. The van der Waals surface area contributed by atoms with E-state index in [1.807, 2.05) is 0 Å². The van der Waals surface area contributed by atoms with Gasteiger partial charge in [0.25, 0.3) is 0 Å². The lowest BCUT2D eigenvalue weighted by Crippen LogP contribution is -1.92. The monoisotopic (exact) mass is 218 g/mol. The van der Waals surface area contributed by atoms with E-state index in [1.54, 1.807) is 16.8 Å². The first-order chi connectivity index (χ1) is 7.09. The zero-order chi connectivity index (χ0) is 11.0. The third-order valence-corrected chi connectivity index (χ3v) is 3.36. The van der Waals surface area contributed by atoms with Crippen LogP contribution in [0.2, 0.25) is 0 Å². The Morgan fingerprint density at radius 3 is 2.20 bits per heavy atom. The third kappa shape index (κ3) is 1.75. The highest BCUT2D eigenvalue weighted by atomic mass is 32.1. The average Bonchev–Trinajstić information content (AvgIpc) is 2.50. The van der Waals surface area contributed by atoms with Gasteiger partial charge in [-0.1, -0.05) is 17.7 Å². The molecule has 2 N–H and O–H groups in total. The van der Waals surface area contributed by atoms with E-state index >= 15 is 0 Å². The molecule has 2 rings (SSSR count). The Morgan fingerprint density at radius 2 is 1.73 bits per heavy atom. The number of hydrogen-bond donors (Lipinski definition) is 1. The van der Waals surface area contributed by atoms with Crippen molar-refractivity contribution in [3.63, 3.8) is 0 Å². The molecule has 0 amide bonds. The van der Waals surface area contributed by atoms with Gasteiger partial charge in [-0.3, -0.25) is 0 Å². The summed E-state index contributed by atoms with van der Waals surface area (Å²) in [6, 6.07) is 4.36. The summed E-state index contributed by atoms with van der Waals surface area (Å²) in [5.74, 6) is 0.634. The number of aryl methyl sites for hydroxylation is 3. The summed E-state index contributed by atoms with van der Waals surface area (Å²) in [6.45, 7) is 6.35. The number of thiazole rings is 1. The Balaban J connectivity index is 2.68. The number of hydrogen-bond acceptors (Lipinski definition) is 3. The van der Waals surface area contributed by atoms with Gasteiger partial charge in [-0.2, -0.15) is 0 Å². The van der Waals surface area contributed by atoms with E-state index in [2.05, 4.69) is 37.9 Å². The normalized spacial score (nSPS) is 10.6. The predicted molar refractivity (Wildman–Crippen MR) is 66.2 cm³/mol. The van der Waals surface area contributed by atoms with Crippen molar-refractivity contribution in [2.75, 3.05) is 5.73 Å². The van der Waals surface area contributed by atoms with Gasteiger partial charge >= 0.3 is 0 Å². The molecule has 1 aromatic heterocycles. The Hall–Kier alpha value is -1.35. The van der Waals surface area contributed by atoms with Gasteiger partial charge in [0, 0.05) is 5.56 Å². The number of nitrogens with zero attached hydrogens (tertiary/aromatic N) is 1. The number of benzene rings is 1. The molecular formula is C12H14N2S. The van der Waals surface area contributed by atoms with Gasteiger partial charge in [0.2, 0.25) is 0 Å². The molecule has 0 spiro atoms. The van der Waals surface area contributed by atoms with Crippen LogP contribution in [0.4, 0.5) is 5.82 Å². The molecule has 0 atom stereocenters. The Kier molecular flexibility index (Phi) is 2.49. The molecule has 0 saturated carbocycles. The first kappa shape index (κ1) is 10.2. The number of rotatable bonds is 1. The van der Waals surface area contributed by atoms with Crippen molar-refractivity contribution < 1.29 is 0 Å². The molecule has 2 nitrogen and oxygen atoms in total. The van der Waals surface area contributed by atoms with E-state index in [0.717, 1.165) is 4.88 Å². The Morgan fingerprint density at radius 1 is 1.13 bits per heavy atom. The lowest BCUT2D eigenvalue weighted by atomic mass is 9.99. The maximum atomic E-state index is 5.85. The van der Waals surface area contributed by atoms with E-state index in [-0.39, 0.29) is 0 Å². The molecule has 1 heterocycles. The molecule has 2 aromatic rings. The van der Waals surface area contributed by atoms with Crippen LogP contribution in [0.5, 0.6) is 0 Å². The van der Waals surface area contributed by atoms with Crippen molar-refractivity contribution >= 4 is 17.2 Å². The van der Waals surface area contributed by atoms with E-state index in [0.29, 0.717) is 5.82 Å². The molecule has 0 saturated heterocycles. The third-order valence-electron chi connectivity index (χ3n) is 2.50. The van der Waals surface area contributed by atoms with Gasteiger partial charge in [-0.05, 0) is 31.9 Å². The average molecular weight is 218 g/mol. The van der Waals surface area contributed by atoms with Crippen molar-refractivity contribution in [3.8, 4) is 10.4 Å². The largest absolute Gasteiger partial charge is 0.382 e. The summed E-state index contributed by atoms with van der Waals surface area (Å²) in [5.41, 5.74) is 12.7. The fraction of sp³-hybridized carbons (Fsp3) is 0.250. The fourth-order valence-corrected chi connectivity index (χ4v) is 2.86. The molecule has 0 radical (unpaired) electrons.